The molecule has 0 saturated carbocycles. The highest BCUT2D eigenvalue weighted by Gasteiger charge is 2.12. The fourth-order valence-electron chi connectivity index (χ4n) is 1.68. The van der Waals surface area contributed by atoms with Crippen LogP contribution >= 0.6 is 0 Å². The Balaban J connectivity index is 2.20. The molecule has 0 spiro atoms. The summed E-state index contributed by atoms with van der Waals surface area (Å²) in [6.07, 6.45) is 0. The summed E-state index contributed by atoms with van der Waals surface area (Å²) in [6, 6.07) is 12.3. The van der Waals surface area contributed by atoms with Crippen molar-refractivity contribution in [2.45, 2.75) is 6.54 Å². The Kier molecular flexibility index (Phi) is 4.10. The highest BCUT2D eigenvalue weighted by atomic mass is 16.5. The lowest BCUT2D eigenvalue weighted by Crippen LogP contribution is -2.14. The highest BCUT2D eigenvalue weighted by Crippen LogP contribution is 2.18. The molecule has 98 valence electrons. The van der Waals surface area contributed by atoms with E-state index in [-0.39, 0.29) is 5.91 Å². The summed E-state index contributed by atoms with van der Waals surface area (Å²) in [5.41, 5.74) is 6.69. The molecule has 5 nitrogen and oxygen atoms in total. The highest BCUT2D eigenvalue weighted by molar-refractivity contribution is 6.05. The quantitative estimate of drug-likeness (QED) is 0.875. The van der Waals surface area contributed by atoms with Crippen molar-refractivity contribution in [2.75, 3.05) is 12.4 Å². The van der Waals surface area contributed by atoms with Crippen LogP contribution in [0.25, 0.3) is 0 Å². The van der Waals surface area contributed by atoms with Crippen molar-refractivity contribution >= 4 is 11.7 Å². The Hall–Kier alpha value is -2.40. The van der Waals surface area contributed by atoms with E-state index in [4.69, 9.17) is 10.5 Å². The number of methoxy groups -OCH3 is 1. The number of carbonyl (C=O) groups excluding carboxylic acids is 1. The summed E-state index contributed by atoms with van der Waals surface area (Å²) in [7, 11) is 1.53. The van der Waals surface area contributed by atoms with E-state index in [9.17, 15) is 4.79 Å². The summed E-state index contributed by atoms with van der Waals surface area (Å²) in [6.45, 7) is 0.332. The maximum absolute atomic E-state index is 12.1. The van der Waals surface area contributed by atoms with E-state index in [0.717, 1.165) is 5.69 Å². The summed E-state index contributed by atoms with van der Waals surface area (Å²) < 4.78 is 5.15. The number of nitrogens with one attached hydrogen (secondary N) is 1. The number of hydrogen-bond donors (Lipinski definition) is 2. The van der Waals surface area contributed by atoms with Gasteiger partial charge in [-0.15, -0.1) is 0 Å². The largest absolute Gasteiger partial charge is 0.496 e. The number of ether oxygens (including phenoxy) is 1. The van der Waals surface area contributed by atoms with Crippen molar-refractivity contribution in [2.24, 2.45) is 5.73 Å². The molecule has 1 aromatic heterocycles. The normalized spacial score (nSPS) is 10.0. The molecule has 1 heterocycles. The molecule has 1 amide bonds. The minimum absolute atomic E-state index is 0.265. The molecular weight excluding hydrogens is 242 g/mol. The number of amides is 1. The monoisotopic (exact) mass is 257 g/mol. The molecule has 5 heteroatoms. The summed E-state index contributed by atoms with van der Waals surface area (Å²) in [5, 5.41) is 2.72. The van der Waals surface area contributed by atoms with Crippen LogP contribution in [0.2, 0.25) is 0 Å². The van der Waals surface area contributed by atoms with Gasteiger partial charge in [0, 0.05) is 6.54 Å². The molecule has 0 aliphatic rings. The summed E-state index contributed by atoms with van der Waals surface area (Å²) in [4.78, 5) is 16.3. The Morgan fingerprint density at radius 3 is 2.79 bits per heavy atom. The minimum Gasteiger partial charge on any atom is -0.496 e. The second kappa shape index (κ2) is 5.97. The van der Waals surface area contributed by atoms with Crippen LogP contribution in [-0.4, -0.2) is 18.0 Å². The first-order valence-electron chi connectivity index (χ1n) is 5.85. The van der Waals surface area contributed by atoms with Gasteiger partial charge in [0.15, 0.2) is 0 Å². The number of carbonyl (C=O) groups is 1. The minimum atomic E-state index is -0.265. The van der Waals surface area contributed by atoms with Gasteiger partial charge in [-0.05, 0) is 24.3 Å². The summed E-state index contributed by atoms with van der Waals surface area (Å²) in [5.74, 6) is 0.730. The average Bonchev–Trinajstić information content (AvgIpc) is 2.47. The number of nitrogens with two attached hydrogens (primary N) is 1. The van der Waals surface area contributed by atoms with Gasteiger partial charge in [-0.2, -0.15) is 0 Å². The van der Waals surface area contributed by atoms with Gasteiger partial charge in [0.25, 0.3) is 5.91 Å². The van der Waals surface area contributed by atoms with E-state index >= 15 is 0 Å². The van der Waals surface area contributed by atoms with Crippen molar-refractivity contribution in [3.8, 4) is 5.75 Å². The third-order valence-electron chi connectivity index (χ3n) is 2.61. The average molecular weight is 257 g/mol. The molecule has 0 bridgehead atoms. The molecule has 19 heavy (non-hydrogen) atoms. The standard InChI is InChI=1S/C14H15N3O2/c1-19-12-7-3-2-6-11(12)14(18)17-13-8-4-5-10(9-15)16-13/h2-8H,9,15H2,1H3,(H,16,17,18). The van der Waals surface area contributed by atoms with Crippen molar-refractivity contribution < 1.29 is 9.53 Å². The third-order valence-corrected chi connectivity index (χ3v) is 2.61. The molecule has 0 radical (unpaired) electrons. The predicted octanol–water partition coefficient (Wildman–Crippen LogP) is 1.80. The van der Waals surface area contributed by atoms with E-state index in [1.807, 2.05) is 6.07 Å². The number of benzene rings is 1. The Morgan fingerprint density at radius 2 is 2.05 bits per heavy atom. The second-order valence-electron chi connectivity index (χ2n) is 3.87. The number of nitrogens with zero attached hydrogens (tertiary/aromatic N) is 1. The molecule has 0 saturated heterocycles. The van der Waals surface area contributed by atoms with Gasteiger partial charge in [0.2, 0.25) is 0 Å². The van der Waals surface area contributed by atoms with Crippen LogP contribution in [0.5, 0.6) is 5.75 Å². The van der Waals surface area contributed by atoms with E-state index in [1.54, 1.807) is 36.4 Å². The van der Waals surface area contributed by atoms with Crippen molar-refractivity contribution in [1.82, 2.24) is 4.98 Å². The van der Waals surface area contributed by atoms with Crippen molar-refractivity contribution in [3.63, 3.8) is 0 Å². The van der Waals surface area contributed by atoms with Gasteiger partial charge in [-0.1, -0.05) is 18.2 Å². The number of hydrogen-bond acceptors (Lipinski definition) is 4. The molecule has 1 aromatic carbocycles. The van der Waals surface area contributed by atoms with Crippen LogP contribution in [0.4, 0.5) is 5.82 Å². The topological polar surface area (TPSA) is 77.2 Å². The van der Waals surface area contributed by atoms with Crippen LogP contribution in [-0.2, 0) is 6.54 Å². The lowest BCUT2D eigenvalue weighted by molar-refractivity contribution is 0.102. The first-order valence-corrected chi connectivity index (χ1v) is 5.85. The number of pyridine rings is 1. The zero-order valence-electron chi connectivity index (χ0n) is 10.6. The van der Waals surface area contributed by atoms with Gasteiger partial charge in [0.05, 0.1) is 18.4 Å². The molecule has 0 fully saturated rings. The Bertz CT molecular complexity index is 584. The van der Waals surface area contributed by atoms with E-state index in [0.29, 0.717) is 23.7 Å². The van der Waals surface area contributed by atoms with Crippen molar-refractivity contribution in [1.29, 1.82) is 0 Å². The van der Waals surface area contributed by atoms with Crippen LogP contribution in [0.1, 0.15) is 16.1 Å². The molecule has 0 unspecified atom stereocenters. The first-order chi connectivity index (χ1) is 9.24. The first kappa shape index (κ1) is 13.0. The lowest BCUT2D eigenvalue weighted by Gasteiger charge is -2.09. The number of anilines is 1. The number of aromatic nitrogens is 1. The van der Waals surface area contributed by atoms with Gasteiger partial charge < -0.3 is 15.8 Å². The van der Waals surface area contributed by atoms with Crippen LogP contribution in [0.3, 0.4) is 0 Å². The van der Waals surface area contributed by atoms with Gasteiger partial charge in [0.1, 0.15) is 11.6 Å². The molecule has 3 N–H and O–H groups in total. The Labute approximate surface area is 111 Å². The molecular formula is C14H15N3O2. The second-order valence-corrected chi connectivity index (χ2v) is 3.87. The van der Waals surface area contributed by atoms with Crippen LogP contribution in [0.15, 0.2) is 42.5 Å². The molecule has 0 aliphatic carbocycles. The third kappa shape index (κ3) is 3.08. The van der Waals surface area contributed by atoms with E-state index in [1.165, 1.54) is 7.11 Å². The van der Waals surface area contributed by atoms with Gasteiger partial charge >= 0.3 is 0 Å². The number of rotatable bonds is 4. The molecule has 0 aliphatic heterocycles. The molecule has 0 atom stereocenters. The van der Waals surface area contributed by atoms with Gasteiger partial charge in [-0.3, -0.25) is 4.79 Å². The summed E-state index contributed by atoms with van der Waals surface area (Å²) >= 11 is 0. The fourth-order valence-corrected chi connectivity index (χ4v) is 1.68. The SMILES string of the molecule is COc1ccccc1C(=O)Nc1cccc(CN)n1. The predicted molar refractivity (Wildman–Crippen MR) is 73.1 cm³/mol. The maximum atomic E-state index is 12.1. The lowest BCUT2D eigenvalue weighted by atomic mass is 10.2. The smallest absolute Gasteiger partial charge is 0.260 e. The van der Waals surface area contributed by atoms with Gasteiger partial charge in [-0.25, -0.2) is 4.98 Å². The zero-order valence-corrected chi connectivity index (χ0v) is 10.6. The zero-order chi connectivity index (χ0) is 13.7. The number of para-hydroxylation sites is 1. The van der Waals surface area contributed by atoms with E-state index < -0.39 is 0 Å². The van der Waals surface area contributed by atoms with Crippen LogP contribution < -0.4 is 15.8 Å². The Morgan fingerprint density at radius 1 is 1.26 bits per heavy atom. The molecule has 2 aromatic rings. The van der Waals surface area contributed by atoms with Crippen molar-refractivity contribution in [3.05, 3.63) is 53.7 Å². The van der Waals surface area contributed by atoms with Crippen LogP contribution in [0, 0.1) is 0 Å². The van der Waals surface area contributed by atoms with E-state index in [2.05, 4.69) is 10.3 Å². The molecule has 2 rings (SSSR count). The fraction of sp³-hybridized carbons (Fsp3) is 0.143. The maximum Gasteiger partial charge on any atom is 0.260 e.